The first-order valence-corrected chi connectivity index (χ1v) is 10.4. The Morgan fingerprint density at radius 2 is 1.82 bits per heavy atom. The van der Waals surface area contributed by atoms with Gasteiger partial charge < -0.3 is 9.84 Å². The molecule has 0 spiro atoms. The Bertz CT molecular complexity index is 1090. The van der Waals surface area contributed by atoms with Gasteiger partial charge >= 0.3 is 12.1 Å². The molecular weight excluding hydrogens is 484 g/mol. The summed E-state index contributed by atoms with van der Waals surface area (Å²) in [6.45, 7) is 2.34. The van der Waals surface area contributed by atoms with Gasteiger partial charge in [0.05, 0.1) is 6.61 Å². The zero-order chi connectivity index (χ0) is 24.2. The third kappa shape index (κ3) is 6.67. The zero-order valence-corrected chi connectivity index (χ0v) is 19.0. The number of nitrogens with zero attached hydrogens (tertiary/aromatic N) is 3. The Kier molecular flexibility index (Phi) is 7.96. The number of likely N-dealkylation sites (N-methyl/N-ethyl adjacent to an activating group) is 1. The van der Waals surface area contributed by atoms with E-state index < -0.39 is 12.1 Å². The van der Waals surface area contributed by atoms with Crippen LogP contribution in [0.3, 0.4) is 0 Å². The van der Waals surface area contributed by atoms with E-state index in [2.05, 4.69) is 20.0 Å². The standard InChI is InChI=1S/C21H19Cl2F3N4O3/c1-12(10-30(2)32-11-15-16(22)4-3-5-17(15)23)27-19(31)14-8-6-13(7-9-14)18-28-20(33-29-18)21(24,25)26/h3-9,12H,10-11H2,1-2H3,(H,27,31). The highest BCUT2D eigenvalue weighted by Gasteiger charge is 2.38. The fraction of sp³-hybridized carbons (Fsp3) is 0.286. The van der Waals surface area contributed by atoms with Gasteiger partial charge in [-0.05, 0) is 31.2 Å². The number of amides is 1. The molecule has 176 valence electrons. The van der Waals surface area contributed by atoms with Gasteiger partial charge in [-0.1, -0.05) is 46.6 Å². The highest BCUT2D eigenvalue weighted by atomic mass is 35.5. The molecule has 33 heavy (non-hydrogen) atoms. The molecule has 3 rings (SSSR count). The van der Waals surface area contributed by atoms with E-state index in [9.17, 15) is 18.0 Å². The van der Waals surface area contributed by atoms with Crippen LogP contribution in [0.1, 0.15) is 28.7 Å². The van der Waals surface area contributed by atoms with Gasteiger partial charge in [0.1, 0.15) is 0 Å². The van der Waals surface area contributed by atoms with E-state index in [4.69, 9.17) is 28.0 Å². The molecule has 0 radical (unpaired) electrons. The molecule has 0 bridgehead atoms. The molecule has 0 aliphatic heterocycles. The van der Waals surface area contributed by atoms with Crippen molar-refractivity contribution >= 4 is 29.1 Å². The van der Waals surface area contributed by atoms with Crippen LogP contribution in [0.25, 0.3) is 11.4 Å². The number of carbonyl (C=O) groups excluding carboxylic acids is 1. The Morgan fingerprint density at radius 3 is 2.39 bits per heavy atom. The van der Waals surface area contributed by atoms with Gasteiger partial charge in [-0.25, -0.2) is 0 Å². The lowest BCUT2D eigenvalue weighted by Crippen LogP contribution is -2.40. The van der Waals surface area contributed by atoms with Gasteiger partial charge in [0.2, 0.25) is 5.82 Å². The van der Waals surface area contributed by atoms with Crippen molar-refractivity contribution in [2.24, 2.45) is 0 Å². The topological polar surface area (TPSA) is 80.5 Å². The van der Waals surface area contributed by atoms with E-state index in [1.165, 1.54) is 24.3 Å². The van der Waals surface area contributed by atoms with E-state index in [1.807, 2.05) is 0 Å². The summed E-state index contributed by atoms with van der Waals surface area (Å²) in [6.07, 6.45) is -4.72. The zero-order valence-electron chi connectivity index (χ0n) is 17.5. The van der Waals surface area contributed by atoms with Crippen LogP contribution in [-0.2, 0) is 17.6 Å². The summed E-state index contributed by atoms with van der Waals surface area (Å²) < 4.78 is 42.0. The number of nitrogens with one attached hydrogen (secondary N) is 1. The number of aromatic nitrogens is 2. The van der Waals surface area contributed by atoms with Gasteiger partial charge in [-0.2, -0.15) is 23.2 Å². The van der Waals surface area contributed by atoms with Crippen LogP contribution in [0.15, 0.2) is 47.0 Å². The van der Waals surface area contributed by atoms with E-state index in [0.29, 0.717) is 27.7 Å². The third-order valence-electron chi connectivity index (χ3n) is 4.47. The van der Waals surface area contributed by atoms with Crippen molar-refractivity contribution in [1.82, 2.24) is 20.5 Å². The predicted octanol–water partition coefficient (Wildman–Crippen LogP) is 5.24. The van der Waals surface area contributed by atoms with Crippen molar-refractivity contribution in [1.29, 1.82) is 0 Å². The first-order chi connectivity index (χ1) is 15.5. The molecule has 0 saturated carbocycles. The maximum Gasteiger partial charge on any atom is 0.471 e. The van der Waals surface area contributed by atoms with Gasteiger partial charge in [-0.15, -0.1) is 0 Å². The first-order valence-electron chi connectivity index (χ1n) is 9.63. The van der Waals surface area contributed by atoms with Crippen molar-refractivity contribution in [3.63, 3.8) is 0 Å². The number of benzene rings is 2. The van der Waals surface area contributed by atoms with Crippen LogP contribution in [0.2, 0.25) is 10.0 Å². The highest BCUT2D eigenvalue weighted by molar-refractivity contribution is 6.35. The minimum atomic E-state index is -4.72. The molecule has 12 heteroatoms. The molecule has 1 amide bonds. The van der Waals surface area contributed by atoms with E-state index in [-0.39, 0.29) is 29.9 Å². The first kappa shape index (κ1) is 25.0. The second-order valence-electron chi connectivity index (χ2n) is 7.16. The fourth-order valence-corrected chi connectivity index (χ4v) is 3.37. The summed E-state index contributed by atoms with van der Waals surface area (Å²) >= 11 is 12.2. The molecule has 0 aliphatic rings. The molecule has 0 saturated heterocycles. The van der Waals surface area contributed by atoms with Crippen LogP contribution < -0.4 is 5.32 Å². The van der Waals surface area contributed by atoms with Crippen molar-refractivity contribution in [3.05, 3.63) is 69.5 Å². The van der Waals surface area contributed by atoms with Crippen LogP contribution >= 0.6 is 23.2 Å². The second kappa shape index (κ2) is 10.5. The summed E-state index contributed by atoms with van der Waals surface area (Å²) in [5.41, 5.74) is 1.26. The lowest BCUT2D eigenvalue weighted by Gasteiger charge is -2.22. The fourth-order valence-electron chi connectivity index (χ4n) is 2.86. The molecule has 0 fully saturated rings. The monoisotopic (exact) mass is 502 g/mol. The van der Waals surface area contributed by atoms with Gasteiger partial charge in [0.25, 0.3) is 5.91 Å². The summed E-state index contributed by atoms with van der Waals surface area (Å²) in [5.74, 6) is -2.02. The maximum absolute atomic E-state index is 12.6. The number of halogens is 5. The molecule has 1 N–H and O–H groups in total. The molecular formula is C21H19Cl2F3N4O3. The summed E-state index contributed by atoms with van der Waals surface area (Å²) in [6, 6.07) is 10.7. The Balaban J connectivity index is 1.52. The Morgan fingerprint density at radius 1 is 1.18 bits per heavy atom. The smallest absolute Gasteiger partial charge is 0.348 e. The maximum atomic E-state index is 12.6. The van der Waals surface area contributed by atoms with Crippen LogP contribution in [-0.4, -0.2) is 40.7 Å². The lowest BCUT2D eigenvalue weighted by atomic mass is 10.1. The van der Waals surface area contributed by atoms with E-state index in [1.54, 1.807) is 37.2 Å². The molecule has 1 unspecified atom stereocenters. The van der Waals surface area contributed by atoms with Gasteiger partial charge in [0.15, 0.2) is 0 Å². The number of alkyl halides is 3. The van der Waals surface area contributed by atoms with Crippen LogP contribution in [0.5, 0.6) is 0 Å². The summed E-state index contributed by atoms with van der Waals surface area (Å²) in [5, 5.41) is 8.69. The lowest BCUT2D eigenvalue weighted by molar-refractivity contribution is -0.159. The Labute approximate surface area is 197 Å². The summed E-state index contributed by atoms with van der Waals surface area (Å²) in [4.78, 5) is 21.5. The van der Waals surface area contributed by atoms with E-state index >= 15 is 0 Å². The second-order valence-corrected chi connectivity index (χ2v) is 7.97. The van der Waals surface area contributed by atoms with Crippen LogP contribution in [0, 0.1) is 0 Å². The molecule has 1 heterocycles. The van der Waals surface area contributed by atoms with Gasteiger partial charge in [-0.3, -0.25) is 9.63 Å². The minimum absolute atomic E-state index is 0.170. The number of rotatable bonds is 8. The van der Waals surface area contributed by atoms with Gasteiger partial charge in [0, 0.05) is 46.4 Å². The van der Waals surface area contributed by atoms with E-state index in [0.717, 1.165) is 0 Å². The molecule has 1 aromatic heterocycles. The van der Waals surface area contributed by atoms with Crippen LogP contribution in [0.4, 0.5) is 13.2 Å². The largest absolute Gasteiger partial charge is 0.471 e. The van der Waals surface area contributed by atoms with Crippen molar-refractivity contribution in [3.8, 4) is 11.4 Å². The highest BCUT2D eigenvalue weighted by Crippen LogP contribution is 2.29. The number of hydroxylamine groups is 2. The average Bonchev–Trinajstić information content (AvgIpc) is 3.24. The summed E-state index contributed by atoms with van der Waals surface area (Å²) in [7, 11) is 1.71. The predicted molar refractivity (Wildman–Crippen MR) is 116 cm³/mol. The molecule has 7 nitrogen and oxygen atoms in total. The van der Waals surface area contributed by atoms with Crippen molar-refractivity contribution < 1.29 is 27.3 Å². The Hall–Kier alpha value is -2.66. The minimum Gasteiger partial charge on any atom is -0.348 e. The molecule has 2 aromatic carbocycles. The van der Waals surface area contributed by atoms with Crippen molar-refractivity contribution in [2.45, 2.75) is 25.7 Å². The quantitative estimate of drug-likeness (QED) is 0.424. The number of hydrogen-bond donors (Lipinski definition) is 1. The normalized spacial score (nSPS) is 12.7. The molecule has 0 aliphatic carbocycles. The molecule has 1 atom stereocenters. The van der Waals surface area contributed by atoms with Crippen molar-refractivity contribution in [2.75, 3.05) is 13.6 Å². The average molecular weight is 503 g/mol. The SMILES string of the molecule is CC(CN(C)OCc1c(Cl)cccc1Cl)NC(=O)c1ccc(-c2noc(C(F)(F)F)n2)cc1. The number of carbonyl (C=O) groups is 1. The molecule has 3 aromatic rings. The third-order valence-corrected chi connectivity index (χ3v) is 5.18. The number of hydrogen-bond acceptors (Lipinski definition) is 6.